The average Bonchev–Trinajstić information content (AvgIpc) is 3.27. The molecule has 164 valence electrons. The highest BCUT2D eigenvalue weighted by molar-refractivity contribution is 6.35. The first kappa shape index (κ1) is 20.5. The van der Waals surface area contributed by atoms with Gasteiger partial charge in [0.25, 0.3) is 5.56 Å². The SMILES string of the molecule is CC(Nc1nc(N)ncc1C#N)c1nc2cccc(Cl)c2c(=O)n1-c1ccc2c(c1)OCO2. The van der Waals surface area contributed by atoms with Gasteiger partial charge in [-0.25, -0.2) is 9.97 Å². The van der Waals surface area contributed by atoms with Gasteiger partial charge < -0.3 is 20.5 Å². The molecule has 1 aliphatic rings. The number of hydrogen-bond acceptors (Lipinski definition) is 9. The minimum absolute atomic E-state index is 0.00936. The first-order chi connectivity index (χ1) is 16.0. The van der Waals surface area contributed by atoms with Crippen molar-refractivity contribution in [2.75, 3.05) is 17.8 Å². The lowest BCUT2D eigenvalue weighted by atomic mass is 10.2. The second-order valence-electron chi connectivity index (χ2n) is 7.25. The van der Waals surface area contributed by atoms with Crippen molar-refractivity contribution in [2.45, 2.75) is 13.0 Å². The van der Waals surface area contributed by atoms with Crippen molar-refractivity contribution in [3.8, 4) is 23.3 Å². The molecule has 0 bridgehead atoms. The summed E-state index contributed by atoms with van der Waals surface area (Å²) in [6, 6.07) is 11.7. The minimum atomic E-state index is -0.562. The third-order valence-corrected chi connectivity index (χ3v) is 5.47. The molecular weight excluding hydrogens is 446 g/mol. The van der Waals surface area contributed by atoms with Crippen molar-refractivity contribution in [1.29, 1.82) is 5.26 Å². The quantitative estimate of drug-likeness (QED) is 0.468. The summed E-state index contributed by atoms with van der Waals surface area (Å²) in [6.07, 6.45) is 1.33. The van der Waals surface area contributed by atoms with E-state index in [1.165, 1.54) is 10.8 Å². The molecule has 10 nitrogen and oxygen atoms in total. The summed E-state index contributed by atoms with van der Waals surface area (Å²) >= 11 is 6.35. The molecule has 0 radical (unpaired) electrons. The Balaban J connectivity index is 1.71. The van der Waals surface area contributed by atoms with Gasteiger partial charge in [0.15, 0.2) is 11.5 Å². The van der Waals surface area contributed by atoms with E-state index >= 15 is 0 Å². The van der Waals surface area contributed by atoms with E-state index in [2.05, 4.69) is 15.3 Å². The van der Waals surface area contributed by atoms with E-state index < -0.39 is 6.04 Å². The number of halogens is 1. The van der Waals surface area contributed by atoms with Crippen LogP contribution in [0.1, 0.15) is 24.4 Å². The highest BCUT2D eigenvalue weighted by Crippen LogP contribution is 2.34. The summed E-state index contributed by atoms with van der Waals surface area (Å²) in [5.74, 6) is 1.71. The second kappa shape index (κ2) is 7.96. The molecule has 2 aromatic heterocycles. The lowest BCUT2D eigenvalue weighted by Gasteiger charge is -2.21. The molecule has 5 rings (SSSR count). The minimum Gasteiger partial charge on any atom is -0.454 e. The predicted molar refractivity (Wildman–Crippen MR) is 122 cm³/mol. The van der Waals surface area contributed by atoms with Crippen LogP contribution in [-0.2, 0) is 0 Å². The fourth-order valence-corrected chi connectivity index (χ4v) is 3.88. The molecule has 33 heavy (non-hydrogen) atoms. The molecule has 0 saturated carbocycles. The molecule has 2 aromatic carbocycles. The van der Waals surface area contributed by atoms with E-state index in [0.29, 0.717) is 33.6 Å². The third-order valence-electron chi connectivity index (χ3n) is 5.16. The zero-order valence-electron chi connectivity index (χ0n) is 17.2. The number of nitrogen functional groups attached to an aromatic ring is 1. The topological polar surface area (TPSA) is 141 Å². The molecule has 1 aliphatic heterocycles. The van der Waals surface area contributed by atoms with Gasteiger partial charge in [-0.3, -0.25) is 9.36 Å². The van der Waals surface area contributed by atoms with Crippen molar-refractivity contribution in [3.05, 3.63) is 69.4 Å². The van der Waals surface area contributed by atoms with Crippen LogP contribution >= 0.6 is 11.6 Å². The Labute approximate surface area is 192 Å². The number of anilines is 2. The molecule has 3 heterocycles. The van der Waals surface area contributed by atoms with Gasteiger partial charge in [0, 0.05) is 6.07 Å². The average molecular weight is 462 g/mol. The van der Waals surface area contributed by atoms with E-state index in [9.17, 15) is 10.1 Å². The Hall–Kier alpha value is -4.36. The van der Waals surface area contributed by atoms with Crippen molar-refractivity contribution in [2.24, 2.45) is 0 Å². The largest absolute Gasteiger partial charge is 0.454 e. The van der Waals surface area contributed by atoms with E-state index in [-0.39, 0.29) is 35.1 Å². The summed E-state index contributed by atoms with van der Waals surface area (Å²) in [4.78, 5) is 26.3. The van der Waals surface area contributed by atoms with Gasteiger partial charge in [-0.05, 0) is 31.2 Å². The predicted octanol–water partition coefficient (Wildman–Crippen LogP) is 3.18. The zero-order chi connectivity index (χ0) is 23.1. The lowest BCUT2D eigenvalue weighted by molar-refractivity contribution is 0.174. The Bertz CT molecular complexity index is 1510. The number of fused-ring (bicyclic) bond motifs is 2. The number of rotatable bonds is 4. The maximum atomic E-state index is 13.6. The summed E-state index contributed by atoms with van der Waals surface area (Å²) in [7, 11) is 0. The number of nitriles is 1. The first-order valence-electron chi connectivity index (χ1n) is 9.86. The van der Waals surface area contributed by atoms with Gasteiger partial charge in [0.05, 0.1) is 33.9 Å². The number of nitrogens with zero attached hydrogens (tertiary/aromatic N) is 5. The summed E-state index contributed by atoms with van der Waals surface area (Å²) in [5.41, 5.74) is 6.52. The van der Waals surface area contributed by atoms with Crippen LogP contribution in [-0.4, -0.2) is 26.3 Å². The number of nitrogens with one attached hydrogen (secondary N) is 1. The fourth-order valence-electron chi connectivity index (χ4n) is 3.63. The van der Waals surface area contributed by atoms with Crippen LogP contribution in [0.5, 0.6) is 11.5 Å². The molecule has 0 aliphatic carbocycles. The van der Waals surface area contributed by atoms with Crippen LogP contribution in [0.25, 0.3) is 16.6 Å². The number of aromatic nitrogens is 4. The maximum absolute atomic E-state index is 13.6. The van der Waals surface area contributed by atoms with Gasteiger partial charge in [0.2, 0.25) is 12.7 Å². The molecule has 3 N–H and O–H groups in total. The van der Waals surface area contributed by atoms with Crippen LogP contribution in [0.4, 0.5) is 11.8 Å². The Morgan fingerprint density at radius 3 is 2.88 bits per heavy atom. The standard InChI is InChI=1S/C22H16ClN7O3/c1-11(27-19-12(8-24)9-26-22(25)29-19)20-28-15-4-2-3-14(23)18(15)21(31)30(20)13-5-6-16-17(7-13)33-10-32-16/h2-7,9,11H,10H2,1H3,(H3,25,26,27,29). The monoisotopic (exact) mass is 461 g/mol. The van der Waals surface area contributed by atoms with Crippen molar-refractivity contribution < 1.29 is 9.47 Å². The van der Waals surface area contributed by atoms with Crippen LogP contribution in [0.2, 0.25) is 5.02 Å². The van der Waals surface area contributed by atoms with Crippen LogP contribution in [0.3, 0.4) is 0 Å². The number of hydrogen-bond donors (Lipinski definition) is 2. The van der Waals surface area contributed by atoms with Gasteiger partial charge >= 0.3 is 0 Å². The number of nitrogens with two attached hydrogens (primary N) is 1. The molecule has 0 saturated heterocycles. The van der Waals surface area contributed by atoms with E-state index in [0.717, 1.165) is 0 Å². The molecule has 0 amide bonds. The zero-order valence-corrected chi connectivity index (χ0v) is 18.0. The van der Waals surface area contributed by atoms with Crippen molar-refractivity contribution >= 4 is 34.3 Å². The summed E-state index contributed by atoms with van der Waals surface area (Å²) in [6.45, 7) is 1.90. The molecule has 0 fully saturated rings. The molecular formula is C22H16ClN7O3. The van der Waals surface area contributed by atoms with Gasteiger partial charge in [-0.2, -0.15) is 10.2 Å². The Morgan fingerprint density at radius 2 is 2.06 bits per heavy atom. The number of ether oxygens (including phenoxy) is 2. The smallest absolute Gasteiger partial charge is 0.267 e. The molecule has 4 aromatic rings. The van der Waals surface area contributed by atoms with Crippen molar-refractivity contribution in [3.63, 3.8) is 0 Å². The van der Waals surface area contributed by atoms with Crippen molar-refractivity contribution in [1.82, 2.24) is 19.5 Å². The Kier molecular flexibility index (Phi) is 4.95. The fraction of sp³-hybridized carbons (Fsp3) is 0.136. The molecule has 0 spiro atoms. The lowest BCUT2D eigenvalue weighted by Crippen LogP contribution is -2.27. The van der Waals surface area contributed by atoms with E-state index in [1.54, 1.807) is 43.3 Å². The van der Waals surface area contributed by atoms with E-state index in [1.807, 2.05) is 6.07 Å². The first-order valence-corrected chi connectivity index (χ1v) is 10.2. The summed E-state index contributed by atoms with van der Waals surface area (Å²) < 4.78 is 12.3. The maximum Gasteiger partial charge on any atom is 0.267 e. The number of benzene rings is 2. The molecule has 11 heteroatoms. The molecule has 1 unspecified atom stereocenters. The normalized spacial score (nSPS) is 13.0. The van der Waals surface area contributed by atoms with Gasteiger partial charge in [0.1, 0.15) is 23.3 Å². The third kappa shape index (κ3) is 3.54. The van der Waals surface area contributed by atoms with Gasteiger partial charge in [-0.15, -0.1) is 0 Å². The van der Waals surface area contributed by atoms with E-state index in [4.69, 9.17) is 31.8 Å². The summed E-state index contributed by atoms with van der Waals surface area (Å²) in [5, 5.41) is 13.1. The Morgan fingerprint density at radius 1 is 1.24 bits per heavy atom. The van der Waals surface area contributed by atoms with Crippen LogP contribution in [0, 0.1) is 11.3 Å². The second-order valence-corrected chi connectivity index (χ2v) is 7.66. The van der Waals surface area contributed by atoms with Crippen LogP contribution < -0.4 is 26.1 Å². The highest BCUT2D eigenvalue weighted by Gasteiger charge is 2.22. The highest BCUT2D eigenvalue weighted by atomic mass is 35.5. The van der Waals surface area contributed by atoms with Crippen LogP contribution in [0.15, 0.2) is 47.4 Å². The van der Waals surface area contributed by atoms with Gasteiger partial charge in [-0.1, -0.05) is 17.7 Å². The molecule has 1 atom stereocenters.